The van der Waals surface area contributed by atoms with Crippen molar-refractivity contribution in [3.63, 3.8) is 0 Å². The van der Waals surface area contributed by atoms with Gasteiger partial charge in [-0.3, -0.25) is 4.79 Å². The Labute approximate surface area is 130 Å². The van der Waals surface area contributed by atoms with Crippen LogP contribution in [0.15, 0.2) is 29.6 Å². The summed E-state index contributed by atoms with van der Waals surface area (Å²) in [6.07, 6.45) is 0.174. The molecule has 6 nitrogen and oxygen atoms in total. The maximum atomic E-state index is 12.1. The van der Waals surface area contributed by atoms with Crippen LogP contribution in [0.4, 0.5) is 5.69 Å². The molecule has 114 valence electrons. The number of thiophene rings is 1. The molecule has 0 saturated carbocycles. The third-order valence-corrected chi connectivity index (χ3v) is 4.01. The first-order valence-corrected chi connectivity index (χ1v) is 7.39. The summed E-state index contributed by atoms with van der Waals surface area (Å²) in [4.78, 5) is 24.1. The van der Waals surface area contributed by atoms with Crippen molar-refractivity contribution in [3.8, 4) is 11.5 Å². The van der Waals surface area contributed by atoms with Gasteiger partial charge < -0.3 is 19.5 Å². The molecule has 0 aliphatic carbocycles. The van der Waals surface area contributed by atoms with E-state index in [-0.39, 0.29) is 19.1 Å². The Balaban J connectivity index is 1.68. The molecule has 1 amide bonds. The van der Waals surface area contributed by atoms with E-state index < -0.39 is 5.97 Å². The molecular weight excluding hydrogens is 306 g/mol. The van der Waals surface area contributed by atoms with E-state index in [4.69, 9.17) is 9.47 Å². The molecule has 1 aromatic heterocycles. The summed E-state index contributed by atoms with van der Waals surface area (Å²) in [5.41, 5.74) is 1.26. The summed E-state index contributed by atoms with van der Waals surface area (Å²) in [5.74, 6) is 0.627. The molecule has 1 N–H and O–H groups in total. The SMILES string of the molecule is COC(=O)c1sccc1NC(=O)Cc1ccc2c(c1)OCO2. The van der Waals surface area contributed by atoms with Crippen LogP contribution in [0, 0.1) is 0 Å². The Morgan fingerprint density at radius 3 is 2.91 bits per heavy atom. The average molecular weight is 319 g/mol. The van der Waals surface area contributed by atoms with Crippen LogP contribution in [0.5, 0.6) is 11.5 Å². The van der Waals surface area contributed by atoms with E-state index in [0.717, 1.165) is 5.56 Å². The number of amides is 1. The van der Waals surface area contributed by atoms with Crippen LogP contribution >= 0.6 is 11.3 Å². The van der Waals surface area contributed by atoms with Gasteiger partial charge in [-0.05, 0) is 29.1 Å². The number of nitrogens with one attached hydrogen (secondary N) is 1. The topological polar surface area (TPSA) is 73.9 Å². The number of ether oxygens (including phenoxy) is 3. The molecular formula is C15H13NO5S. The highest BCUT2D eigenvalue weighted by Gasteiger charge is 2.17. The molecule has 7 heteroatoms. The highest BCUT2D eigenvalue weighted by Crippen LogP contribution is 2.32. The molecule has 22 heavy (non-hydrogen) atoms. The lowest BCUT2D eigenvalue weighted by Gasteiger charge is -2.06. The number of benzene rings is 1. The minimum Gasteiger partial charge on any atom is -0.465 e. The van der Waals surface area contributed by atoms with Crippen molar-refractivity contribution in [2.24, 2.45) is 0 Å². The average Bonchev–Trinajstić information content (AvgIpc) is 3.14. The second-order valence-corrected chi connectivity index (χ2v) is 5.48. The molecule has 0 radical (unpaired) electrons. The summed E-state index contributed by atoms with van der Waals surface area (Å²) in [5, 5.41) is 4.45. The number of carbonyl (C=O) groups excluding carboxylic acids is 2. The van der Waals surface area contributed by atoms with Gasteiger partial charge in [0.25, 0.3) is 0 Å². The predicted molar refractivity (Wildman–Crippen MR) is 80.6 cm³/mol. The molecule has 1 aliphatic rings. The van der Waals surface area contributed by atoms with Crippen molar-refractivity contribution < 1.29 is 23.8 Å². The first kappa shape index (κ1) is 14.4. The van der Waals surface area contributed by atoms with E-state index in [1.165, 1.54) is 18.4 Å². The van der Waals surface area contributed by atoms with Gasteiger partial charge in [-0.15, -0.1) is 11.3 Å². The monoisotopic (exact) mass is 319 g/mol. The second-order valence-electron chi connectivity index (χ2n) is 4.57. The lowest BCUT2D eigenvalue weighted by atomic mass is 10.1. The van der Waals surface area contributed by atoms with Gasteiger partial charge in [0.05, 0.1) is 19.2 Å². The first-order chi connectivity index (χ1) is 10.7. The number of esters is 1. The fraction of sp³-hybridized carbons (Fsp3) is 0.200. The molecule has 0 spiro atoms. The van der Waals surface area contributed by atoms with E-state index in [2.05, 4.69) is 10.1 Å². The smallest absolute Gasteiger partial charge is 0.350 e. The van der Waals surface area contributed by atoms with Crippen molar-refractivity contribution in [2.75, 3.05) is 19.2 Å². The molecule has 0 saturated heterocycles. The first-order valence-electron chi connectivity index (χ1n) is 6.51. The van der Waals surface area contributed by atoms with Crippen LogP contribution in [0.2, 0.25) is 0 Å². The molecule has 2 heterocycles. The van der Waals surface area contributed by atoms with E-state index in [1.54, 1.807) is 23.6 Å². The molecule has 2 aromatic rings. The van der Waals surface area contributed by atoms with Crippen molar-refractivity contribution in [3.05, 3.63) is 40.1 Å². The fourth-order valence-corrected chi connectivity index (χ4v) is 2.85. The van der Waals surface area contributed by atoms with Crippen LogP contribution in [0.1, 0.15) is 15.2 Å². The van der Waals surface area contributed by atoms with Crippen LogP contribution in [-0.4, -0.2) is 25.8 Å². The van der Waals surface area contributed by atoms with Crippen molar-refractivity contribution in [2.45, 2.75) is 6.42 Å². The van der Waals surface area contributed by atoms with Crippen LogP contribution < -0.4 is 14.8 Å². The van der Waals surface area contributed by atoms with Gasteiger partial charge in [-0.2, -0.15) is 0 Å². The Morgan fingerprint density at radius 1 is 1.27 bits per heavy atom. The van der Waals surface area contributed by atoms with Crippen LogP contribution in [-0.2, 0) is 16.0 Å². The number of carbonyl (C=O) groups is 2. The minimum absolute atomic E-state index is 0.174. The highest BCUT2D eigenvalue weighted by atomic mass is 32.1. The van der Waals surface area contributed by atoms with E-state index >= 15 is 0 Å². The van der Waals surface area contributed by atoms with Gasteiger partial charge in [-0.1, -0.05) is 6.07 Å². The Morgan fingerprint density at radius 2 is 2.09 bits per heavy atom. The van der Waals surface area contributed by atoms with Gasteiger partial charge in [0.15, 0.2) is 11.5 Å². The van der Waals surface area contributed by atoms with Gasteiger partial charge in [0.1, 0.15) is 4.88 Å². The summed E-state index contributed by atoms with van der Waals surface area (Å²) in [6.45, 7) is 0.197. The largest absolute Gasteiger partial charge is 0.465 e. The summed E-state index contributed by atoms with van der Waals surface area (Å²) < 4.78 is 15.2. The van der Waals surface area contributed by atoms with E-state index in [0.29, 0.717) is 22.1 Å². The van der Waals surface area contributed by atoms with Gasteiger partial charge in [0.2, 0.25) is 12.7 Å². The number of fused-ring (bicyclic) bond motifs is 1. The Kier molecular flexibility index (Phi) is 3.97. The third kappa shape index (κ3) is 2.89. The zero-order valence-corrected chi connectivity index (χ0v) is 12.6. The van der Waals surface area contributed by atoms with Gasteiger partial charge in [-0.25, -0.2) is 4.79 Å². The number of hydrogen-bond donors (Lipinski definition) is 1. The van der Waals surface area contributed by atoms with E-state index in [9.17, 15) is 9.59 Å². The Bertz CT molecular complexity index is 724. The molecule has 1 aliphatic heterocycles. The fourth-order valence-electron chi connectivity index (χ4n) is 2.09. The van der Waals surface area contributed by atoms with Crippen LogP contribution in [0.3, 0.4) is 0 Å². The van der Waals surface area contributed by atoms with Crippen LogP contribution in [0.25, 0.3) is 0 Å². The highest BCUT2D eigenvalue weighted by molar-refractivity contribution is 7.12. The maximum Gasteiger partial charge on any atom is 0.350 e. The zero-order chi connectivity index (χ0) is 15.5. The van der Waals surface area contributed by atoms with Gasteiger partial charge >= 0.3 is 5.97 Å². The zero-order valence-electron chi connectivity index (χ0n) is 11.8. The number of anilines is 1. The molecule has 0 fully saturated rings. The summed E-state index contributed by atoms with van der Waals surface area (Å²) in [6, 6.07) is 7.03. The standard InChI is InChI=1S/C15H13NO5S/c1-19-15(18)14-10(4-5-22-14)16-13(17)7-9-2-3-11-12(6-9)21-8-20-11/h2-6H,7-8H2,1H3,(H,16,17). The van der Waals surface area contributed by atoms with Crippen molar-refractivity contribution >= 4 is 28.9 Å². The maximum absolute atomic E-state index is 12.1. The number of rotatable bonds is 4. The van der Waals surface area contributed by atoms with E-state index in [1.807, 2.05) is 6.07 Å². The van der Waals surface area contributed by atoms with Crippen molar-refractivity contribution in [1.29, 1.82) is 0 Å². The second kappa shape index (κ2) is 6.07. The number of methoxy groups -OCH3 is 1. The molecule has 0 unspecified atom stereocenters. The predicted octanol–water partition coefficient (Wildman–Crippen LogP) is 2.44. The van der Waals surface area contributed by atoms with Gasteiger partial charge in [0, 0.05) is 0 Å². The molecule has 0 bridgehead atoms. The lowest BCUT2D eigenvalue weighted by molar-refractivity contribution is -0.115. The summed E-state index contributed by atoms with van der Waals surface area (Å²) >= 11 is 1.22. The molecule has 3 rings (SSSR count). The van der Waals surface area contributed by atoms with Crippen molar-refractivity contribution in [1.82, 2.24) is 0 Å². The summed E-state index contributed by atoms with van der Waals surface area (Å²) in [7, 11) is 1.31. The normalized spacial score (nSPS) is 12.0. The third-order valence-electron chi connectivity index (χ3n) is 3.11. The quantitative estimate of drug-likeness (QED) is 0.876. The Hall–Kier alpha value is -2.54. The molecule has 1 aromatic carbocycles. The minimum atomic E-state index is -0.464. The number of hydrogen-bond acceptors (Lipinski definition) is 6. The molecule has 0 atom stereocenters. The lowest BCUT2D eigenvalue weighted by Crippen LogP contribution is -2.16.